The third kappa shape index (κ3) is 3.04. The molecule has 0 radical (unpaired) electrons. The molecule has 2 unspecified atom stereocenters. The summed E-state index contributed by atoms with van der Waals surface area (Å²) < 4.78 is 45.0. The molecule has 8 nitrogen and oxygen atoms in total. The first-order valence-corrected chi connectivity index (χ1v) is 11.4. The summed E-state index contributed by atoms with van der Waals surface area (Å²) in [7, 11) is -3.67. The van der Waals surface area contributed by atoms with Crippen molar-refractivity contribution in [1.82, 2.24) is 24.1 Å². The second-order valence-electron chi connectivity index (χ2n) is 8.13. The third-order valence-corrected chi connectivity index (χ3v) is 8.15. The van der Waals surface area contributed by atoms with E-state index in [2.05, 4.69) is 15.1 Å². The predicted octanol–water partition coefficient (Wildman–Crippen LogP) is 2.22. The smallest absolute Gasteiger partial charge is 0.247 e. The summed E-state index contributed by atoms with van der Waals surface area (Å²) in [5, 5.41) is 4.44. The van der Waals surface area contributed by atoms with Crippen LogP contribution >= 0.6 is 0 Å². The Hall–Kier alpha value is -2.07. The van der Waals surface area contributed by atoms with E-state index < -0.39 is 15.8 Å². The van der Waals surface area contributed by atoms with Gasteiger partial charge in [0.1, 0.15) is 11.2 Å². The zero-order chi connectivity index (χ0) is 21.1. The maximum Gasteiger partial charge on any atom is 0.247 e. The van der Waals surface area contributed by atoms with E-state index in [1.165, 1.54) is 6.33 Å². The number of halogens is 1. The standard InChI is InChI=1S/C19H27FN6O2S/c1-6-16-17(20)19(22-10-21-16)24-8-14-7-15(9-24)26(14)29(27,28)18-12(4)23-25(11(2)3)13(18)5/h10-11,14-15H,6-9H2,1-5H3. The summed E-state index contributed by atoms with van der Waals surface area (Å²) in [6.07, 6.45) is 2.64. The summed E-state index contributed by atoms with van der Waals surface area (Å²) >= 11 is 0. The minimum absolute atomic E-state index is 0.0810. The molecule has 0 aliphatic carbocycles. The number of aromatic nitrogens is 4. The molecule has 2 aromatic rings. The van der Waals surface area contributed by atoms with Crippen LogP contribution in [0.4, 0.5) is 10.2 Å². The molecular weight excluding hydrogens is 395 g/mol. The fraction of sp³-hybridized carbons (Fsp3) is 0.632. The number of hydrogen-bond donors (Lipinski definition) is 0. The van der Waals surface area contributed by atoms with Crippen LogP contribution in [0, 0.1) is 19.7 Å². The molecule has 0 amide bonds. The first kappa shape index (κ1) is 20.2. The number of aryl methyl sites for hydroxylation is 2. The molecule has 0 saturated carbocycles. The van der Waals surface area contributed by atoms with Gasteiger partial charge in [0.15, 0.2) is 11.6 Å². The molecule has 158 valence electrons. The Balaban J connectivity index is 1.62. The second kappa shape index (κ2) is 7.02. The topological polar surface area (TPSA) is 84.2 Å². The van der Waals surface area contributed by atoms with Crippen LogP contribution in [0.2, 0.25) is 0 Å². The third-order valence-electron chi connectivity index (χ3n) is 5.89. The Kier molecular flexibility index (Phi) is 4.89. The van der Waals surface area contributed by atoms with E-state index in [4.69, 9.17) is 0 Å². The van der Waals surface area contributed by atoms with E-state index in [0.29, 0.717) is 41.5 Å². The lowest BCUT2D eigenvalue weighted by Crippen LogP contribution is -2.70. The number of piperidine rings is 1. The maximum atomic E-state index is 14.7. The van der Waals surface area contributed by atoms with Crippen molar-refractivity contribution in [2.75, 3.05) is 18.0 Å². The SMILES string of the molecule is CCc1ncnc(N2CC3CC(C2)N3S(=O)(=O)c2c(C)nn(C(C)C)c2C)c1F. The van der Waals surface area contributed by atoms with Gasteiger partial charge in [-0.2, -0.15) is 9.40 Å². The minimum atomic E-state index is -3.67. The van der Waals surface area contributed by atoms with Crippen LogP contribution in [-0.4, -0.2) is 57.6 Å². The van der Waals surface area contributed by atoms with Crippen LogP contribution in [0.1, 0.15) is 50.3 Å². The Morgan fingerprint density at radius 1 is 1.21 bits per heavy atom. The molecule has 0 N–H and O–H groups in total. The van der Waals surface area contributed by atoms with Gasteiger partial charge in [0, 0.05) is 31.2 Å². The van der Waals surface area contributed by atoms with Crippen molar-refractivity contribution < 1.29 is 12.8 Å². The van der Waals surface area contributed by atoms with Gasteiger partial charge in [0.05, 0.1) is 17.1 Å². The van der Waals surface area contributed by atoms with Crippen molar-refractivity contribution in [1.29, 1.82) is 0 Å². The van der Waals surface area contributed by atoms with Gasteiger partial charge in [-0.3, -0.25) is 4.68 Å². The Labute approximate surface area is 170 Å². The molecule has 2 atom stereocenters. The highest BCUT2D eigenvalue weighted by molar-refractivity contribution is 7.89. The number of hydrogen-bond acceptors (Lipinski definition) is 6. The highest BCUT2D eigenvalue weighted by atomic mass is 32.2. The van der Waals surface area contributed by atoms with E-state index in [9.17, 15) is 12.8 Å². The average Bonchev–Trinajstić information content (AvgIpc) is 2.96. The predicted molar refractivity (Wildman–Crippen MR) is 107 cm³/mol. The van der Waals surface area contributed by atoms with Gasteiger partial charge in [-0.25, -0.2) is 22.8 Å². The monoisotopic (exact) mass is 422 g/mol. The van der Waals surface area contributed by atoms with E-state index in [1.807, 2.05) is 25.7 Å². The molecule has 5 heterocycles. The van der Waals surface area contributed by atoms with Gasteiger partial charge in [0.25, 0.3) is 0 Å². The highest BCUT2D eigenvalue weighted by Gasteiger charge is 2.52. The summed E-state index contributed by atoms with van der Waals surface area (Å²) in [6.45, 7) is 10.2. The average molecular weight is 423 g/mol. The minimum Gasteiger partial charge on any atom is -0.351 e. The summed E-state index contributed by atoms with van der Waals surface area (Å²) in [5.41, 5.74) is 1.56. The van der Waals surface area contributed by atoms with E-state index in [1.54, 1.807) is 22.8 Å². The van der Waals surface area contributed by atoms with Crippen LogP contribution in [-0.2, 0) is 16.4 Å². The van der Waals surface area contributed by atoms with Crippen molar-refractivity contribution in [3.05, 3.63) is 29.2 Å². The number of piperazine rings is 1. The van der Waals surface area contributed by atoms with Gasteiger partial charge in [-0.15, -0.1) is 0 Å². The normalized spacial score (nSPS) is 22.2. The molecule has 2 aromatic heterocycles. The van der Waals surface area contributed by atoms with Gasteiger partial charge in [0.2, 0.25) is 10.0 Å². The van der Waals surface area contributed by atoms with Gasteiger partial charge < -0.3 is 4.90 Å². The molecule has 0 spiro atoms. The summed E-state index contributed by atoms with van der Waals surface area (Å²) in [5.74, 6) is -0.140. The molecular formula is C19H27FN6O2S. The van der Waals surface area contributed by atoms with Crippen molar-refractivity contribution in [3.63, 3.8) is 0 Å². The van der Waals surface area contributed by atoms with Gasteiger partial charge >= 0.3 is 0 Å². The molecule has 5 rings (SSSR count). The van der Waals surface area contributed by atoms with E-state index >= 15 is 0 Å². The van der Waals surface area contributed by atoms with Crippen LogP contribution < -0.4 is 4.90 Å². The molecule has 3 aliphatic rings. The molecule has 10 heteroatoms. The Bertz CT molecular complexity index is 1040. The van der Waals surface area contributed by atoms with Crippen LogP contribution in [0.15, 0.2) is 11.2 Å². The molecule has 3 saturated heterocycles. The number of fused-ring (bicyclic) bond motifs is 2. The van der Waals surface area contributed by atoms with Crippen LogP contribution in [0.5, 0.6) is 0 Å². The second-order valence-corrected chi connectivity index (χ2v) is 9.91. The number of nitrogens with zero attached hydrogens (tertiary/aromatic N) is 6. The molecule has 3 fully saturated rings. The number of rotatable bonds is 5. The highest BCUT2D eigenvalue weighted by Crippen LogP contribution is 2.40. The summed E-state index contributed by atoms with van der Waals surface area (Å²) in [6, 6.07) is -0.309. The van der Waals surface area contributed by atoms with Crippen LogP contribution in [0.3, 0.4) is 0 Å². The fourth-order valence-electron chi connectivity index (χ4n) is 4.63. The van der Waals surface area contributed by atoms with Gasteiger partial charge in [-0.1, -0.05) is 6.92 Å². The lowest BCUT2D eigenvalue weighted by Gasteiger charge is -2.55. The molecule has 2 bridgehead atoms. The number of anilines is 1. The lowest BCUT2D eigenvalue weighted by atomic mass is 9.91. The maximum absolute atomic E-state index is 14.7. The van der Waals surface area contributed by atoms with Crippen molar-refractivity contribution in [3.8, 4) is 0 Å². The summed E-state index contributed by atoms with van der Waals surface area (Å²) in [4.78, 5) is 10.3. The van der Waals surface area contributed by atoms with Crippen molar-refractivity contribution in [2.24, 2.45) is 0 Å². The van der Waals surface area contributed by atoms with E-state index in [-0.39, 0.29) is 23.9 Å². The Morgan fingerprint density at radius 2 is 1.86 bits per heavy atom. The Morgan fingerprint density at radius 3 is 2.41 bits per heavy atom. The molecule has 3 aliphatic heterocycles. The van der Waals surface area contributed by atoms with Crippen LogP contribution in [0.25, 0.3) is 0 Å². The quantitative estimate of drug-likeness (QED) is 0.735. The molecule has 29 heavy (non-hydrogen) atoms. The number of sulfonamides is 1. The van der Waals surface area contributed by atoms with Gasteiger partial charge in [-0.05, 0) is 40.5 Å². The lowest BCUT2D eigenvalue weighted by molar-refractivity contribution is 0.0869. The van der Waals surface area contributed by atoms with Crippen molar-refractivity contribution in [2.45, 2.75) is 70.5 Å². The first-order valence-electron chi connectivity index (χ1n) is 10.00. The zero-order valence-electron chi connectivity index (χ0n) is 17.4. The fourth-order valence-corrected chi connectivity index (χ4v) is 6.82. The zero-order valence-corrected chi connectivity index (χ0v) is 18.2. The first-order chi connectivity index (χ1) is 13.7. The van der Waals surface area contributed by atoms with E-state index in [0.717, 1.165) is 6.42 Å². The molecule has 0 aromatic carbocycles. The largest absolute Gasteiger partial charge is 0.351 e. The van der Waals surface area contributed by atoms with Crippen molar-refractivity contribution >= 4 is 15.8 Å².